The highest BCUT2D eigenvalue weighted by Crippen LogP contribution is 2.36. The van der Waals surface area contributed by atoms with Gasteiger partial charge in [-0.05, 0) is 30.0 Å². The highest BCUT2D eigenvalue weighted by atomic mass is 16.5. The Morgan fingerprint density at radius 3 is 2.63 bits per heavy atom. The average molecular weight is 254 g/mol. The lowest BCUT2D eigenvalue weighted by Crippen LogP contribution is -2.26. The number of aliphatic hydroxyl groups is 1. The molecular formula is C17H18O2. The molecule has 19 heavy (non-hydrogen) atoms. The largest absolute Gasteiger partial charge is 0.493 e. The number of aliphatic hydroxyl groups excluding tert-OH is 1. The molecule has 0 aromatic heterocycles. The summed E-state index contributed by atoms with van der Waals surface area (Å²) in [7, 11) is 0. The Morgan fingerprint density at radius 2 is 1.79 bits per heavy atom. The van der Waals surface area contributed by atoms with Crippen LogP contribution in [0.3, 0.4) is 0 Å². The number of ether oxygens (including phenoxy) is 1. The summed E-state index contributed by atoms with van der Waals surface area (Å²) in [6, 6.07) is 18.2. The van der Waals surface area contributed by atoms with Gasteiger partial charge < -0.3 is 9.84 Å². The maximum Gasteiger partial charge on any atom is 0.122 e. The Bertz CT molecular complexity index is 536. The number of hydrogen-bond acceptors (Lipinski definition) is 2. The van der Waals surface area contributed by atoms with E-state index >= 15 is 0 Å². The molecule has 2 atom stereocenters. The predicted octanol–water partition coefficient (Wildman–Crippen LogP) is 3.16. The average Bonchev–Trinajstić information content (AvgIpc) is 2.47. The van der Waals surface area contributed by atoms with E-state index in [2.05, 4.69) is 18.2 Å². The van der Waals surface area contributed by atoms with Gasteiger partial charge in [0.25, 0.3) is 0 Å². The Hall–Kier alpha value is -1.80. The van der Waals surface area contributed by atoms with Gasteiger partial charge >= 0.3 is 0 Å². The Kier molecular flexibility index (Phi) is 3.51. The fourth-order valence-corrected chi connectivity index (χ4v) is 2.77. The van der Waals surface area contributed by atoms with Crippen molar-refractivity contribution < 1.29 is 9.84 Å². The molecule has 1 aliphatic rings. The molecule has 0 bridgehead atoms. The Morgan fingerprint density at radius 1 is 1.05 bits per heavy atom. The summed E-state index contributed by atoms with van der Waals surface area (Å²) < 4.78 is 5.64. The zero-order valence-corrected chi connectivity index (χ0v) is 10.8. The maximum atomic E-state index is 10.5. The molecule has 98 valence electrons. The molecule has 2 aromatic carbocycles. The summed E-state index contributed by atoms with van der Waals surface area (Å²) in [5, 5.41) is 10.5. The predicted molar refractivity (Wildman–Crippen MR) is 75.4 cm³/mol. The van der Waals surface area contributed by atoms with Crippen molar-refractivity contribution in [2.75, 3.05) is 6.61 Å². The molecule has 0 saturated carbocycles. The fourth-order valence-electron chi connectivity index (χ4n) is 2.77. The van der Waals surface area contributed by atoms with Crippen LogP contribution in [0.15, 0.2) is 54.6 Å². The van der Waals surface area contributed by atoms with Crippen LogP contribution >= 0.6 is 0 Å². The van der Waals surface area contributed by atoms with Gasteiger partial charge in [-0.2, -0.15) is 0 Å². The highest BCUT2D eigenvalue weighted by molar-refractivity contribution is 5.38. The van der Waals surface area contributed by atoms with Crippen LogP contribution in [0.1, 0.15) is 23.5 Å². The van der Waals surface area contributed by atoms with Gasteiger partial charge in [0.05, 0.1) is 12.7 Å². The van der Waals surface area contributed by atoms with Crippen LogP contribution in [0.4, 0.5) is 0 Å². The second-order valence-corrected chi connectivity index (χ2v) is 5.04. The van der Waals surface area contributed by atoms with Crippen molar-refractivity contribution in [2.24, 2.45) is 0 Å². The van der Waals surface area contributed by atoms with Gasteiger partial charge in [0.15, 0.2) is 0 Å². The van der Waals surface area contributed by atoms with E-state index < -0.39 is 0 Å². The van der Waals surface area contributed by atoms with Gasteiger partial charge in [0.1, 0.15) is 5.75 Å². The molecule has 0 aliphatic carbocycles. The van der Waals surface area contributed by atoms with E-state index in [0.29, 0.717) is 13.0 Å². The third-order valence-corrected chi connectivity index (χ3v) is 3.76. The third-order valence-electron chi connectivity index (χ3n) is 3.76. The summed E-state index contributed by atoms with van der Waals surface area (Å²) in [5.41, 5.74) is 2.32. The Balaban J connectivity index is 1.80. The third kappa shape index (κ3) is 2.64. The van der Waals surface area contributed by atoms with Crippen molar-refractivity contribution in [2.45, 2.75) is 24.9 Å². The summed E-state index contributed by atoms with van der Waals surface area (Å²) in [6.45, 7) is 0.688. The van der Waals surface area contributed by atoms with Crippen molar-refractivity contribution in [3.8, 4) is 5.75 Å². The van der Waals surface area contributed by atoms with Crippen molar-refractivity contribution >= 4 is 0 Å². The monoisotopic (exact) mass is 254 g/mol. The Labute approximate surface area is 113 Å². The zero-order valence-electron chi connectivity index (χ0n) is 10.8. The van der Waals surface area contributed by atoms with Crippen molar-refractivity contribution in [3.05, 3.63) is 65.7 Å². The smallest absolute Gasteiger partial charge is 0.122 e. The zero-order chi connectivity index (χ0) is 13.1. The quantitative estimate of drug-likeness (QED) is 0.911. The molecule has 0 fully saturated rings. The van der Waals surface area contributed by atoms with Crippen LogP contribution in [-0.2, 0) is 6.42 Å². The van der Waals surface area contributed by atoms with E-state index in [-0.39, 0.29) is 12.0 Å². The number of benzene rings is 2. The van der Waals surface area contributed by atoms with Crippen LogP contribution in [0.5, 0.6) is 5.75 Å². The normalized spacial score (nSPS) is 19.3. The minimum atomic E-state index is -0.354. The first kappa shape index (κ1) is 12.2. The summed E-state index contributed by atoms with van der Waals surface area (Å²) in [6.07, 6.45) is 1.22. The second-order valence-electron chi connectivity index (χ2n) is 5.04. The minimum Gasteiger partial charge on any atom is -0.493 e. The first-order valence-electron chi connectivity index (χ1n) is 6.78. The van der Waals surface area contributed by atoms with Gasteiger partial charge in [-0.3, -0.25) is 0 Å². The molecule has 2 heteroatoms. The maximum absolute atomic E-state index is 10.5. The lowest BCUT2D eigenvalue weighted by atomic mass is 9.85. The van der Waals surface area contributed by atoms with Gasteiger partial charge in [-0.15, -0.1) is 0 Å². The topological polar surface area (TPSA) is 29.5 Å². The van der Waals surface area contributed by atoms with Crippen molar-refractivity contribution in [1.29, 1.82) is 0 Å². The van der Waals surface area contributed by atoms with Crippen LogP contribution in [-0.4, -0.2) is 17.8 Å². The van der Waals surface area contributed by atoms with E-state index in [4.69, 9.17) is 4.74 Å². The number of rotatable bonds is 3. The van der Waals surface area contributed by atoms with Gasteiger partial charge in [-0.25, -0.2) is 0 Å². The summed E-state index contributed by atoms with van der Waals surface area (Å²) in [5.74, 6) is 1.09. The lowest BCUT2D eigenvalue weighted by molar-refractivity contribution is 0.116. The second kappa shape index (κ2) is 5.45. The van der Waals surface area contributed by atoms with E-state index in [1.54, 1.807) is 0 Å². The molecule has 0 saturated heterocycles. The van der Waals surface area contributed by atoms with E-state index in [1.807, 2.05) is 36.4 Å². The standard InChI is InChI=1S/C17H18O2/c18-16(12-13-6-2-1-3-7-13)14-10-11-19-17-9-5-4-8-15(14)17/h1-9,14,16,18H,10-12H2. The molecule has 0 amide bonds. The molecule has 2 aromatic rings. The van der Waals surface area contributed by atoms with E-state index in [9.17, 15) is 5.11 Å². The van der Waals surface area contributed by atoms with Crippen molar-refractivity contribution in [1.82, 2.24) is 0 Å². The molecule has 0 radical (unpaired) electrons. The SMILES string of the molecule is OC(Cc1ccccc1)C1CCOc2ccccc21. The minimum absolute atomic E-state index is 0.171. The van der Waals surface area contributed by atoms with Gasteiger partial charge in [0, 0.05) is 5.92 Å². The molecule has 1 aliphatic heterocycles. The van der Waals surface area contributed by atoms with Crippen LogP contribution in [0, 0.1) is 0 Å². The van der Waals surface area contributed by atoms with Crippen molar-refractivity contribution in [3.63, 3.8) is 0 Å². The van der Waals surface area contributed by atoms with Gasteiger partial charge in [0.2, 0.25) is 0 Å². The molecule has 1 N–H and O–H groups in total. The number of para-hydroxylation sites is 1. The van der Waals surface area contributed by atoms with Crippen LogP contribution < -0.4 is 4.74 Å². The molecule has 3 rings (SSSR count). The fraction of sp³-hybridized carbons (Fsp3) is 0.294. The number of hydrogen-bond donors (Lipinski definition) is 1. The lowest BCUT2D eigenvalue weighted by Gasteiger charge is -2.29. The first-order valence-corrected chi connectivity index (χ1v) is 6.78. The first-order chi connectivity index (χ1) is 9.34. The number of fused-ring (bicyclic) bond motifs is 1. The van der Waals surface area contributed by atoms with Gasteiger partial charge in [-0.1, -0.05) is 48.5 Å². The molecule has 2 unspecified atom stereocenters. The molecule has 0 spiro atoms. The van der Waals surface area contributed by atoms with E-state index in [0.717, 1.165) is 17.7 Å². The molecule has 1 heterocycles. The molecular weight excluding hydrogens is 236 g/mol. The molecule has 2 nitrogen and oxygen atoms in total. The summed E-state index contributed by atoms with van der Waals surface area (Å²) >= 11 is 0. The van der Waals surface area contributed by atoms with Crippen LogP contribution in [0.25, 0.3) is 0 Å². The van der Waals surface area contributed by atoms with Crippen LogP contribution in [0.2, 0.25) is 0 Å². The highest BCUT2D eigenvalue weighted by Gasteiger charge is 2.27. The van der Waals surface area contributed by atoms with E-state index in [1.165, 1.54) is 5.56 Å². The summed E-state index contributed by atoms with van der Waals surface area (Å²) in [4.78, 5) is 0.